The molecule has 0 aliphatic rings. The molecule has 0 saturated heterocycles. The number of hydrogen-bond donors (Lipinski definition) is 5. The molecule has 70 heavy (non-hydrogen) atoms. The molecule has 23 nitrogen and oxygen atoms in total. The third kappa shape index (κ3) is 11.2. The summed E-state index contributed by atoms with van der Waals surface area (Å²) >= 11 is 0. The minimum atomic E-state index is -1.09. The van der Waals surface area contributed by atoms with Crippen molar-refractivity contribution in [2.24, 2.45) is 11.5 Å². The van der Waals surface area contributed by atoms with Crippen LogP contribution in [0.15, 0.2) is 54.7 Å². The van der Waals surface area contributed by atoms with Crippen LogP contribution < -0.4 is 31.6 Å². The lowest BCUT2D eigenvalue weighted by molar-refractivity contribution is -0.137. The number of benzene rings is 2. The number of carboxylic acid groups (broad SMARTS) is 1. The molecule has 0 aliphatic carbocycles. The lowest BCUT2D eigenvalue weighted by Gasteiger charge is -2.13. The molecule has 4 amide bonds. The highest BCUT2D eigenvalue weighted by molar-refractivity contribution is 6.12. The van der Waals surface area contributed by atoms with E-state index in [0.717, 1.165) is 5.69 Å². The van der Waals surface area contributed by atoms with E-state index >= 15 is 0 Å². The Kier molecular flexibility index (Phi) is 15.7. The molecule has 5 aromatic heterocycles. The van der Waals surface area contributed by atoms with Gasteiger partial charge in [0.2, 0.25) is 17.8 Å². The van der Waals surface area contributed by atoms with Crippen molar-refractivity contribution in [3.05, 3.63) is 83.0 Å². The molecular weight excluding hydrogens is 907 g/mol. The second kappa shape index (κ2) is 22.2. The molecule has 23 heteroatoms. The summed E-state index contributed by atoms with van der Waals surface area (Å²) in [6.45, 7) is 9.56. The fourth-order valence-electron chi connectivity index (χ4n) is 7.85. The first-order chi connectivity index (χ1) is 33.7. The van der Waals surface area contributed by atoms with Gasteiger partial charge in [-0.3, -0.25) is 33.9 Å². The number of hydrogen-bond acceptors (Lipinski definition) is 14. The standard InChI is InChI=1S/C47H55N13O10/c1-6-59-34(20-27(3)55-59)43-51-26-32-31-22-29(41(48)63)24-36(68-17-10-13-50-47(66)70-19-12-38(61)62)39(31)57(44(32)53-43)14-8-9-15-58-40-33(23-30(42(49)64)25-37(40)69-18-11-16-67-5)52-46(58)54-45(65)35-21-28(4)56-60(35)7-2/h8-9,20-26H,6-7,10-19H2,1-5H3,(H2,48,63)(H2,49,64)(H,50,66)(H,61,62)(H,52,54,65)/b9-8+. The van der Waals surface area contributed by atoms with Crippen LogP contribution in [0.1, 0.15) is 75.7 Å². The number of anilines is 1. The van der Waals surface area contributed by atoms with Crippen molar-refractivity contribution in [3.8, 4) is 23.0 Å². The average Bonchev–Trinajstić information content (AvgIpc) is 4.09. The normalized spacial score (nSPS) is 11.5. The quantitative estimate of drug-likeness (QED) is 0.0404. The van der Waals surface area contributed by atoms with Crippen molar-refractivity contribution < 1.29 is 48.0 Å². The molecule has 0 bridgehead atoms. The number of nitrogens with zero attached hydrogens (tertiary/aromatic N) is 9. The first-order valence-corrected chi connectivity index (χ1v) is 22.6. The molecule has 7 N–H and O–H groups in total. The summed E-state index contributed by atoms with van der Waals surface area (Å²) in [5.74, 6) is -1.69. The van der Waals surface area contributed by atoms with Crippen molar-refractivity contribution in [2.75, 3.05) is 45.4 Å². The number of fused-ring (bicyclic) bond motifs is 4. The average molecular weight is 962 g/mol. The Morgan fingerprint density at radius 1 is 0.757 bits per heavy atom. The number of aryl methyl sites for hydroxylation is 4. The van der Waals surface area contributed by atoms with Crippen LogP contribution in [-0.2, 0) is 40.4 Å². The third-order valence-electron chi connectivity index (χ3n) is 11.0. The number of nitrogens with one attached hydrogen (secondary N) is 2. The molecule has 0 saturated carbocycles. The highest BCUT2D eigenvalue weighted by atomic mass is 16.5. The summed E-state index contributed by atoms with van der Waals surface area (Å²) in [5.41, 5.74) is 16.4. The van der Waals surface area contributed by atoms with E-state index in [-0.39, 0.29) is 63.0 Å². The van der Waals surface area contributed by atoms with E-state index in [0.29, 0.717) is 99.9 Å². The van der Waals surface area contributed by atoms with Crippen LogP contribution in [0.3, 0.4) is 0 Å². The lowest BCUT2D eigenvalue weighted by Crippen LogP contribution is -2.27. The summed E-state index contributed by atoms with van der Waals surface area (Å²) in [6.07, 6.45) is 5.24. The largest absolute Gasteiger partial charge is 0.491 e. The number of imidazole rings is 1. The maximum Gasteiger partial charge on any atom is 0.407 e. The van der Waals surface area contributed by atoms with E-state index < -0.39 is 29.8 Å². The molecular formula is C47H55N13O10. The molecule has 0 radical (unpaired) electrons. The number of aliphatic carboxylic acids is 1. The lowest BCUT2D eigenvalue weighted by atomic mass is 10.1. The minimum absolute atomic E-state index is 0.0874. The van der Waals surface area contributed by atoms with Crippen molar-refractivity contribution in [3.63, 3.8) is 0 Å². The van der Waals surface area contributed by atoms with Gasteiger partial charge < -0.3 is 50.0 Å². The van der Waals surface area contributed by atoms with Gasteiger partial charge in [0.25, 0.3) is 5.91 Å². The SMILES string of the molecule is CCn1nc(C)cc1C(=O)Nc1nc2cc(C(N)=O)cc(OCCCOC)c2n1C/C=C/Cn1c2nc(-c3cc(C)nn3CC)ncc2c2cc(C(N)=O)cc(OCCCNC(=O)OCCC(=O)O)c21. The summed E-state index contributed by atoms with van der Waals surface area (Å²) in [5, 5.41) is 24.6. The van der Waals surface area contributed by atoms with E-state index in [2.05, 4.69) is 20.8 Å². The third-order valence-corrected chi connectivity index (χ3v) is 11.0. The van der Waals surface area contributed by atoms with Crippen LogP contribution in [0.4, 0.5) is 10.7 Å². The predicted molar refractivity (Wildman–Crippen MR) is 257 cm³/mol. The summed E-state index contributed by atoms with van der Waals surface area (Å²) in [6, 6.07) is 9.89. The predicted octanol–water partition coefficient (Wildman–Crippen LogP) is 4.74. The highest BCUT2D eigenvalue weighted by Crippen LogP contribution is 2.37. The van der Waals surface area contributed by atoms with Crippen LogP contribution in [0, 0.1) is 13.8 Å². The zero-order valence-electron chi connectivity index (χ0n) is 39.5. The van der Waals surface area contributed by atoms with Gasteiger partial charge >= 0.3 is 12.1 Å². The number of amides is 4. The fourth-order valence-corrected chi connectivity index (χ4v) is 7.85. The van der Waals surface area contributed by atoms with Gasteiger partial charge in [-0.25, -0.2) is 19.7 Å². The fraction of sp³-hybridized carbons (Fsp3) is 0.362. The van der Waals surface area contributed by atoms with Gasteiger partial charge in [0, 0.05) is 81.0 Å². The Morgan fingerprint density at radius 2 is 1.41 bits per heavy atom. The maximum absolute atomic E-state index is 13.9. The van der Waals surface area contributed by atoms with E-state index in [4.69, 9.17) is 50.5 Å². The first-order valence-electron chi connectivity index (χ1n) is 22.6. The van der Waals surface area contributed by atoms with Crippen LogP contribution in [-0.4, -0.2) is 119 Å². The molecule has 0 spiro atoms. The van der Waals surface area contributed by atoms with Crippen LogP contribution in [0.25, 0.3) is 44.5 Å². The van der Waals surface area contributed by atoms with Gasteiger partial charge in [-0.1, -0.05) is 12.2 Å². The number of carbonyl (C=O) groups is 5. The van der Waals surface area contributed by atoms with Crippen molar-refractivity contribution in [2.45, 2.75) is 73.1 Å². The first kappa shape index (κ1) is 49.6. The van der Waals surface area contributed by atoms with Crippen molar-refractivity contribution in [1.82, 2.24) is 49.0 Å². The Morgan fingerprint density at radius 3 is 2.10 bits per heavy atom. The number of alkyl carbamates (subject to hydrolysis) is 1. The molecule has 0 fully saturated rings. The van der Waals surface area contributed by atoms with E-state index in [1.807, 2.05) is 48.2 Å². The van der Waals surface area contributed by atoms with Gasteiger partial charge in [0.1, 0.15) is 40.7 Å². The molecule has 5 heterocycles. The van der Waals surface area contributed by atoms with Crippen LogP contribution in [0.5, 0.6) is 11.5 Å². The number of carbonyl (C=O) groups excluding carboxylic acids is 4. The zero-order chi connectivity index (χ0) is 50.1. The Hall–Kier alpha value is -8.34. The number of allylic oxidation sites excluding steroid dienone is 2. The van der Waals surface area contributed by atoms with E-state index in [9.17, 15) is 24.0 Å². The summed E-state index contributed by atoms with van der Waals surface area (Å²) in [4.78, 5) is 76.7. The van der Waals surface area contributed by atoms with Crippen molar-refractivity contribution >= 4 is 68.7 Å². The van der Waals surface area contributed by atoms with Gasteiger partial charge in [-0.15, -0.1) is 0 Å². The van der Waals surface area contributed by atoms with Gasteiger partial charge in [0.15, 0.2) is 5.82 Å². The number of rotatable bonds is 24. The molecule has 0 unspecified atom stereocenters. The number of carboxylic acids is 1. The molecule has 0 aliphatic heterocycles. The van der Waals surface area contributed by atoms with E-state index in [1.165, 1.54) is 0 Å². The second-order valence-corrected chi connectivity index (χ2v) is 16.0. The van der Waals surface area contributed by atoms with Crippen LogP contribution >= 0.6 is 0 Å². The molecule has 2 aromatic carbocycles. The number of primary amides is 2. The second-order valence-electron chi connectivity index (χ2n) is 16.0. The monoisotopic (exact) mass is 961 g/mol. The van der Waals surface area contributed by atoms with Gasteiger partial charge in [0.05, 0.1) is 42.1 Å². The Bertz CT molecular complexity index is 3130. The number of methoxy groups -OCH3 is 1. The highest BCUT2D eigenvalue weighted by Gasteiger charge is 2.24. The Balaban J connectivity index is 1.29. The number of aromatic nitrogens is 9. The molecule has 0 atom stereocenters. The number of ether oxygens (including phenoxy) is 4. The minimum Gasteiger partial charge on any atom is -0.491 e. The summed E-state index contributed by atoms with van der Waals surface area (Å²) < 4.78 is 29.8. The smallest absolute Gasteiger partial charge is 0.407 e. The zero-order valence-corrected chi connectivity index (χ0v) is 39.5. The van der Waals surface area contributed by atoms with Crippen LogP contribution in [0.2, 0.25) is 0 Å². The molecule has 7 rings (SSSR count). The summed E-state index contributed by atoms with van der Waals surface area (Å²) in [7, 11) is 1.59. The van der Waals surface area contributed by atoms with Crippen molar-refractivity contribution in [1.29, 1.82) is 0 Å². The van der Waals surface area contributed by atoms with Gasteiger partial charge in [-0.2, -0.15) is 10.2 Å². The van der Waals surface area contributed by atoms with Gasteiger partial charge in [-0.05, 0) is 70.5 Å². The topological polar surface area (TPSA) is 303 Å². The number of nitrogens with two attached hydrogens (primary N) is 2. The van der Waals surface area contributed by atoms with E-state index in [1.54, 1.807) is 59.8 Å². The molecule has 368 valence electrons. The molecule has 7 aromatic rings. The maximum atomic E-state index is 13.9. The Labute approximate surface area is 400 Å².